The van der Waals surface area contributed by atoms with Gasteiger partial charge in [-0.05, 0) is 61.4 Å². The minimum atomic E-state index is -3.92. The third kappa shape index (κ3) is 4.24. The van der Waals surface area contributed by atoms with Gasteiger partial charge in [0.1, 0.15) is 11.5 Å². The molecular formula is C20H21ClN2O6S. The number of sulfonamides is 1. The summed E-state index contributed by atoms with van der Waals surface area (Å²) in [6, 6.07) is 12.9. The topological polar surface area (TPSA) is 108 Å². The fourth-order valence-electron chi connectivity index (χ4n) is 3.86. The standard InChI is InChI=1S/C20H21ClN2O6S/c21-13-1-3-14(4-2-13)28-15-5-7-16(8-6-15)30(25,26)23-11-9-18-17(10-12-27-18)19(23)29-20(22)24/h1-8,17-19H,9-12H2,(H2,22,24). The number of fused-ring (bicyclic) bond motifs is 1. The third-order valence-corrected chi connectivity index (χ3v) is 7.39. The highest BCUT2D eigenvalue weighted by Crippen LogP contribution is 2.37. The van der Waals surface area contributed by atoms with Gasteiger partial charge in [-0.3, -0.25) is 0 Å². The summed E-state index contributed by atoms with van der Waals surface area (Å²) in [5, 5.41) is 0.591. The first kappa shape index (κ1) is 20.9. The molecule has 2 aromatic carbocycles. The number of primary amides is 1. The molecule has 10 heteroatoms. The minimum Gasteiger partial charge on any atom is -0.457 e. The molecule has 2 fully saturated rings. The Kier molecular flexibility index (Phi) is 5.88. The van der Waals surface area contributed by atoms with E-state index in [1.54, 1.807) is 36.4 Å². The van der Waals surface area contributed by atoms with Gasteiger partial charge in [0, 0.05) is 24.1 Å². The van der Waals surface area contributed by atoms with Crippen LogP contribution < -0.4 is 10.5 Å². The Bertz CT molecular complexity index is 1010. The van der Waals surface area contributed by atoms with Gasteiger partial charge >= 0.3 is 6.09 Å². The minimum absolute atomic E-state index is 0.0707. The number of rotatable bonds is 5. The molecule has 0 bridgehead atoms. The molecule has 0 aromatic heterocycles. The Morgan fingerprint density at radius 3 is 2.33 bits per heavy atom. The summed E-state index contributed by atoms with van der Waals surface area (Å²) in [7, 11) is -3.92. The number of amides is 1. The second-order valence-corrected chi connectivity index (χ2v) is 9.45. The van der Waals surface area contributed by atoms with Crippen molar-refractivity contribution in [3.8, 4) is 11.5 Å². The van der Waals surface area contributed by atoms with Crippen molar-refractivity contribution in [1.29, 1.82) is 0 Å². The number of ether oxygens (including phenoxy) is 3. The smallest absolute Gasteiger partial charge is 0.406 e. The van der Waals surface area contributed by atoms with Crippen molar-refractivity contribution in [3.63, 3.8) is 0 Å². The molecule has 2 aromatic rings. The van der Waals surface area contributed by atoms with Crippen LogP contribution >= 0.6 is 11.6 Å². The van der Waals surface area contributed by atoms with Crippen molar-refractivity contribution in [3.05, 3.63) is 53.6 Å². The summed E-state index contributed by atoms with van der Waals surface area (Å²) in [4.78, 5) is 11.5. The van der Waals surface area contributed by atoms with Crippen molar-refractivity contribution in [2.75, 3.05) is 13.2 Å². The lowest BCUT2D eigenvalue weighted by molar-refractivity contribution is -0.0639. The number of nitrogens with zero attached hydrogens (tertiary/aromatic N) is 1. The van der Waals surface area contributed by atoms with Gasteiger partial charge in [-0.25, -0.2) is 13.2 Å². The van der Waals surface area contributed by atoms with E-state index in [9.17, 15) is 13.2 Å². The number of piperidine rings is 1. The van der Waals surface area contributed by atoms with Gasteiger partial charge in [-0.15, -0.1) is 0 Å². The molecule has 2 aliphatic heterocycles. The first-order chi connectivity index (χ1) is 14.3. The molecule has 3 atom stereocenters. The van der Waals surface area contributed by atoms with Crippen LogP contribution in [0, 0.1) is 5.92 Å². The maximum Gasteiger partial charge on any atom is 0.406 e. The Hall–Kier alpha value is -2.33. The predicted octanol–water partition coefficient (Wildman–Crippen LogP) is 3.35. The maximum absolute atomic E-state index is 13.3. The van der Waals surface area contributed by atoms with E-state index in [0.717, 1.165) is 0 Å². The highest BCUT2D eigenvalue weighted by Gasteiger charge is 2.48. The van der Waals surface area contributed by atoms with E-state index in [1.807, 2.05) is 0 Å². The molecule has 2 aliphatic rings. The summed E-state index contributed by atoms with van der Waals surface area (Å²) in [6.07, 6.45) is -1.02. The van der Waals surface area contributed by atoms with Crippen LogP contribution in [0.4, 0.5) is 4.79 Å². The summed E-state index contributed by atoms with van der Waals surface area (Å²) >= 11 is 5.86. The molecule has 8 nitrogen and oxygen atoms in total. The number of halogens is 1. The van der Waals surface area contributed by atoms with Crippen LogP contribution in [0.15, 0.2) is 53.4 Å². The van der Waals surface area contributed by atoms with Crippen LogP contribution in [0.3, 0.4) is 0 Å². The molecule has 0 saturated carbocycles. The van der Waals surface area contributed by atoms with E-state index >= 15 is 0 Å². The Balaban J connectivity index is 1.55. The van der Waals surface area contributed by atoms with Gasteiger partial charge in [0.05, 0.1) is 11.0 Å². The second-order valence-electron chi connectivity index (χ2n) is 7.12. The van der Waals surface area contributed by atoms with Gasteiger partial charge in [-0.1, -0.05) is 11.6 Å². The lowest BCUT2D eigenvalue weighted by Crippen LogP contribution is -2.54. The number of hydrogen-bond acceptors (Lipinski definition) is 6. The zero-order valence-electron chi connectivity index (χ0n) is 15.9. The van der Waals surface area contributed by atoms with E-state index in [2.05, 4.69) is 0 Å². The summed E-state index contributed by atoms with van der Waals surface area (Å²) in [5.74, 6) is 0.811. The molecule has 0 spiro atoms. The molecule has 2 heterocycles. The molecule has 1 amide bonds. The van der Waals surface area contributed by atoms with Crippen LogP contribution in [-0.4, -0.2) is 44.3 Å². The zero-order chi connectivity index (χ0) is 21.3. The number of carbonyl (C=O) groups excluding carboxylic acids is 1. The highest BCUT2D eigenvalue weighted by molar-refractivity contribution is 7.89. The van der Waals surface area contributed by atoms with E-state index < -0.39 is 22.3 Å². The van der Waals surface area contributed by atoms with Gasteiger partial charge in [0.25, 0.3) is 0 Å². The molecule has 2 saturated heterocycles. The number of carbonyl (C=O) groups is 1. The van der Waals surface area contributed by atoms with Crippen molar-refractivity contribution in [2.24, 2.45) is 11.7 Å². The van der Waals surface area contributed by atoms with Crippen LogP contribution in [0.1, 0.15) is 12.8 Å². The normalized spacial score (nSPS) is 24.2. The van der Waals surface area contributed by atoms with Gasteiger partial charge < -0.3 is 19.9 Å². The van der Waals surface area contributed by atoms with Crippen molar-refractivity contribution >= 4 is 27.7 Å². The molecule has 30 heavy (non-hydrogen) atoms. The van der Waals surface area contributed by atoms with E-state index in [-0.39, 0.29) is 23.5 Å². The van der Waals surface area contributed by atoms with E-state index in [1.165, 1.54) is 16.4 Å². The van der Waals surface area contributed by atoms with Crippen LogP contribution in [0.25, 0.3) is 0 Å². The Morgan fingerprint density at radius 1 is 1.07 bits per heavy atom. The van der Waals surface area contributed by atoms with Gasteiger partial charge in [0.2, 0.25) is 10.0 Å². The number of nitrogens with two attached hydrogens (primary N) is 1. The molecule has 160 valence electrons. The summed E-state index contributed by atoms with van der Waals surface area (Å²) in [5.41, 5.74) is 5.20. The highest BCUT2D eigenvalue weighted by atomic mass is 35.5. The van der Waals surface area contributed by atoms with Gasteiger partial charge in [-0.2, -0.15) is 4.31 Å². The monoisotopic (exact) mass is 452 g/mol. The van der Waals surface area contributed by atoms with E-state index in [4.69, 9.17) is 31.5 Å². The SMILES string of the molecule is NC(=O)OC1C2CCOC2CCN1S(=O)(=O)c1ccc(Oc2ccc(Cl)cc2)cc1. The molecular weight excluding hydrogens is 432 g/mol. The quantitative estimate of drug-likeness (QED) is 0.745. The summed E-state index contributed by atoms with van der Waals surface area (Å²) in [6.45, 7) is 0.670. The van der Waals surface area contributed by atoms with Crippen LogP contribution in [0.2, 0.25) is 5.02 Å². The van der Waals surface area contributed by atoms with Crippen LogP contribution in [0.5, 0.6) is 11.5 Å². The number of benzene rings is 2. The fourth-order valence-corrected chi connectivity index (χ4v) is 5.56. The lowest BCUT2D eigenvalue weighted by atomic mass is 9.93. The average molecular weight is 453 g/mol. The van der Waals surface area contributed by atoms with E-state index in [0.29, 0.717) is 36.0 Å². The maximum atomic E-state index is 13.3. The molecule has 0 aliphatic carbocycles. The third-order valence-electron chi connectivity index (χ3n) is 5.26. The van der Waals surface area contributed by atoms with Crippen molar-refractivity contribution in [2.45, 2.75) is 30.1 Å². The Morgan fingerprint density at radius 2 is 1.70 bits per heavy atom. The Labute approximate surface area is 179 Å². The molecule has 2 N–H and O–H groups in total. The lowest BCUT2D eigenvalue weighted by Gasteiger charge is -2.39. The average Bonchev–Trinajstić information content (AvgIpc) is 3.19. The van der Waals surface area contributed by atoms with Crippen molar-refractivity contribution in [1.82, 2.24) is 4.31 Å². The summed E-state index contributed by atoms with van der Waals surface area (Å²) < 4.78 is 44.3. The van der Waals surface area contributed by atoms with Gasteiger partial charge in [0.15, 0.2) is 6.23 Å². The molecule has 3 unspecified atom stereocenters. The van der Waals surface area contributed by atoms with Crippen LogP contribution in [-0.2, 0) is 19.5 Å². The molecule has 4 rings (SSSR count). The largest absolute Gasteiger partial charge is 0.457 e. The predicted molar refractivity (Wildman–Crippen MR) is 109 cm³/mol. The second kappa shape index (κ2) is 8.43. The first-order valence-electron chi connectivity index (χ1n) is 9.47. The number of hydrogen-bond donors (Lipinski definition) is 1. The van der Waals surface area contributed by atoms with Crippen molar-refractivity contribution < 1.29 is 27.4 Å². The first-order valence-corrected chi connectivity index (χ1v) is 11.3. The molecule has 0 radical (unpaired) electrons. The fraction of sp³-hybridized carbons (Fsp3) is 0.350. The zero-order valence-corrected chi connectivity index (χ0v) is 17.5.